The van der Waals surface area contributed by atoms with Gasteiger partial charge < -0.3 is 10.1 Å². The van der Waals surface area contributed by atoms with E-state index in [1.807, 2.05) is 6.92 Å². The lowest BCUT2D eigenvalue weighted by Gasteiger charge is -2.12. The van der Waals surface area contributed by atoms with Gasteiger partial charge in [0.2, 0.25) is 0 Å². The smallest absolute Gasteiger partial charge is 0.262 e. The molecular weight excluding hydrogens is 318 g/mol. The van der Waals surface area contributed by atoms with Crippen molar-refractivity contribution in [2.75, 3.05) is 18.4 Å². The summed E-state index contributed by atoms with van der Waals surface area (Å²) in [5.74, 6) is -0.0283. The van der Waals surface area contributed by atoms with E-state index in [4.69, 9.17) is 4.74 Å². The van der Waals surface area contributed by atoms with E-state index in [9.17, 15) is 13.2 Å². The summed E-state index contributed by atoms with van der Waals surface area (Å²) in [6, 6.07) is 7.49. The summed E-state index contributed by atoms with van der Waals surface area (Å²) < 4.78 is 32.8. The van der Waals surface area contributed by atoms with Crippen molar-refractivity contribution in [1.29, 1.82) is 0 Å². The van der Waals surface area contributed by atoms with Gasteiger partial charge in [-0.15, -0.1) is 0 Å². The van der Waals surface area contributed by atoms with Crippen LogP contribution < -0.4 is 14.8 Å². The number of nitrogens with one attached hydrogen (secondary N) is 2. The van der Waals surface area contributed by atoms with Crippen LogP contribution in [-0.4, -0.2) is 33.0 Å². The number of aromatic nitrogens is 1. The third-order valence-electron chi connectivity index (χ3n) is 2.92. The summed E-state index contributed by atoms with van der Waals surface area (Å²) in [5.41, 5.74) is 0.319. The van der Waals surface area contributed by atoms with Gasteiger partial charge in [-0.3, -0.25) is 14.5 Å². The van der Waals surface area contributed by atoms with Crippen LogP contribution in [0.1, 0.15) is 17.3 Å². The van der Waals surface area contributed by atoms with Crippen molar-refractivity contribution in [3.8, 4) is 5.75 Å². The van der Waals surface area contributed by atoms with E-state index >= 15 is 0 Å². The fraction of sp³-hybridized carbons (Fsp3) is 0.200. The van der Waals surface area contributed by atoms with E-state index in [0.29, 0.717) is 12.4 Å². The van der Waals surface area contributed by atoms with Gasteiger partial charge in [0.25, 0.3) is 15.9 Å². The molecular formula is C15H17N3O4S. The Bertz CT molecular complexity index is 806. The lowest BCUT2D eigenvalue weighted by Crippen LogP contribution is -2.23. The Kier molecular flexibility index (Phi) is 5.17. The number of hydrogen-bond donors (Lipinski definition) is 2. The highest BCUT2D eigenvalue weighted by atomic mass is 32.2. The lowest BCUT2D eigenvalue weighted by molar-refractivity contribution is 0.0960. The number of hydrogen-bond acceptors (Lipinski definition) is 5. The van der Waals surface area contributed by atoms with E-state index in [1.165, 1.54) is 37.6 Å². The van der Waals surface area contributed by atoms with Crippen LogP contribution >= 0.6 is 0 Å². The molecule has 0 fully saturated rings. The van der Waals surface area contributed by atoms with Crippen LogP contribution in [0.2, 0.25) is 0 Å². The zero-order valence-corrected chi connectivity index (χ0v) is 13.6. The lowest BCUT2D eigenvalue weighted by atomic mass is 10.2. The SMILES string of the molecule is CCOc1cncc(NS(=O)(=O)c2ccccc2C(=O)NC)c1. The number of carbonyl (C=O) groups is 1. The zero-order valence-electron chi connectivity index (χ0n) is 12.7. The van der Waals surface area contributed by atoms with Crippen LogP contribution in [0.15, 0.2) is 47.6 Å². The molecule has 1 aromatic carbocycles. The number of rotatable bonds is 6. The zero-order chi connectivity index (χ0) is 16.9. The molecule has 0 aliphatic rings. The third-order valence-corrected chi connectivity index (χ3v) is 4.36. The Morgan fingerprint density at radius 1 is 1.26 bits per heavy atom. The average Bonchev–Trinajstić information content (AvgIpc) is 2.54. The molecule has 0 saturated heterocycles. The summed E-state index contributed by atoms with van der Waals surface area (Å²) in [7, 11) is -2.50. The molecule has 1 heterocycles. The number of pyridine rings is 1. The fourth-order valence-electron chi connectivity index (χ4n) is 1.95. The molecule has 0 radical (unpaired) electrons. The largest absolute Gasteiger partial charge is 0.492 e. The molecule has 0 bridgehead atoms. The first-order chi connectivity index (χ1) is 11.0. The molecule has 0 saturated carbocycles. The summed E-state index contributed by atoms with van der Waals surface area (Å²) in [5, 5.41) is 2.42. The van der Waals surface area contributed by atoms with Crippen molar-refractivity contribution in [2.45, 2.75) is 11.8 Å². The molecule has 0 unspecified atom stereocenters. The first kappa shape index (κ1) is 16.8. The van der Waals surface area contributed by atoms with E-state index < -0.39 is 15.9 Å². The monoisotopic (exact) mass is 335 g/mol. The van der Waals surface area contributed by atoms with Crippen LogP contribution in [0, 0.1) is 0 Å². The number of nitrogens with zero attached hydrogens (tertiary/aromatic N) is 1. The quantitative estimate of drug-likeness (QED) is 0.836. The topological polar surface area (TPSA) is 97.4 Å². The molecule has 1 aromatic heterocycles. The van der Waals surface area contributed by atoms with Crippen molar-refractivity contribution in [3.63, 3.8) is 0 Å². The Balaban J connectivity index is 2.36. The van der Waals surface area contributed by atoms with Crippen molar-refractivity contribution in [1.82, 2.24) is 10.3 Å². The van der Waals surface area contributed by atoms with Gasteiger partial charge >= 0.3 is 0 Å². The minimum Gasteiger partial charge on any atom is -0.492 e. The minimum atomic E-state index is -3.94. The fourth-order valence-corrected chi connectivity index (χ4v) is 3.19. The van der Waals surface area contributed by atoms with Gasteiger partial charge in [0, 0.05) is 13.1 Å². The molecule has 122 valence electrons. The summed E-state index contributed by atoms with van der Waals surface area (Å²) in [6.07, 6.45) is 2.85. The second-order valence-corrected chi connectivity index (χ2v) is 6.17. The van der Waals surface area contributed by atoms with Crippen LogP contribution in [0.4, 0.5) is 5.69 Å². The Morgan fingerprint density at radius 2 is 2.00 bits per heavy atom. The van der Waals surface area contributed by atoms with Crippen molar-refractivity contribution < 1.29 is 17.9 Å². The first-order valence-corrected chi connectivity index (χ1v) is 8.38. The maximum Gasteiger partial charge on any atom is 0.262 e. The number of carbonyl (C=O) groups excluding carboxylic acids is 1. The predicted molar refractivity (Wildman–Crippen MR) is 86.0 cm³/mol. The highest BCUT2D eigenvalue weighted by Gasteiger charge is 2.21. The second-order valence-electron chi connectivity index (χ2n) is 4.52. The van der Waals surface area contributed by atoms with E-state index in [-0.39, 0.29) is 16.1 Å². The van der Waals surface area contributed by atoms with Gasteiger partial charge in [-0.05, 0) is 19.1 Å². The van der Waals surface area contributed by atoms with E-state index in [1.54, 1.807) is 12.1 Å². The van der Waals surface area contributed by atoms with Crippen LogP contribution in [0.5, 0.6) is 5.75 Å². The highest BCUT2D eigenvalue weighted by Crippen LogP contribution is 2.21. The van der Waals surface area contributed by atoms with Crippen molar-refractivity contribution in [3.05, 3.63) is 48.3 Å². The summed E-state index contributed by atoms with van der Waals surface area (Å²) in [6.45, 7) is 2.26. The molecule has 1 amide bonds. The molecule has 23 heavy (non-hydrogen) atoms. The van der Waals surface area contributed by atoms with E-state index in [0.717, 1.165) is 0 Å². The normalized spacial score (nSPS) is 10.9. The Labute approximate surface area is 134 Å². The maximum absolute atomic E-state index is 12.6. The van der Waals surface area contributed by atoms with Gasteiger partial charge in [-0.1, -0.05) is 12.1 Å². The summed E-state index contributed by atoms with van der Waals surface area (Å²) in [4.78, 5) is 15.7. The molecule has 2 aromatic rings. The molecule has 0 aliphatic heterocycles. The molecule has 2 rings (SSSR count). The van der Waals surface area contributed by atoms with E-state index in [2.05, 4.69) is 15.0 Å². The van der Waals surface area contributed by atoms with Gasteiger partial charge in [0.15, 0.2) is 0 Å². The molecule has 7 nitrogen and oxygen atoms in total. The number of amides is 1. The van der Waals surface area contributed by atoms with Gasteiger partial charge in [-0.25, -0.2) is 8.42 Å². The van der Waals surface area contributed by atoms with Crippen LogP contribution in [0.25, 0.3) is 0 Å². The number of benzene rings is 1. The Morgan fingerprint density at radius 3 is 2.70 bits per heavy atom. The summed E-state index contributed by atoms with van der Waals surface area (Å²) >= 11 is 0. The number of sulfonamides is 1. The third kappa shape index (κ3) is 3.98. The molecule has 8 heteroatoms. The van der Waals surface area contributed by atoms with Gasteiger partial charge in [-0.2, -0.15) is 0 Å². The number of anilines is 1. The van der Waals surface area contributed by atoms with Crippen molar-refractivity contribution in [2.24, 2.45) is 0 Å². The van der Waals surface area contributed by atoms with Crippen LogP contribution in [0.3, 0.4) is 0 Å². The average molecular weight is 335 g/mol. The second kappa shape index (κ2) is 7.10. The van der Waals surface area contributed by atoms with Crippen molar-refractivity contribution >= 4 is 21.6 Å². The highest BCUT2D eigenvalue weighted by molar-refractivity contribution is 7.92. The van der Waals surface area contributed by atoms with Crippen LogP contribution in [-0.2, 0) is 10.0 Å². The predicted octanol–water partition coefficient (Wildman–Crippen LogP) is 1.64. The molecule has 0 atom stereocenters. The van der Waals surface area contributed by atoms with Gasteiger partial charge in [0.05, 0.1) is 30.3 Å². The number of ether oxygens (including phenoxy) is 1. The minimum absolute atomic E-state index is 0.0661. The molecule has 0 aliphatic carbocycles. The molecule has 0 spiro atoms. The maximum atomic E-state index is 12.6. The van der Waals surface area contributed by atoms with Gasteiger partial charge in [0.1, 0.15) is 10.6 Å². The Hall–Kier alpha value is -2.61. The molecule has 2 N–H and O–H groups in total. The first-order valence-electron chi connectivity index (χ1n) is 6.89. The standard InChI is InChI=1S/C15H17N3O4S/c1-3-22-12-8-11(9-17-10-12)18-23(20,21)14-7-5-4-6-13(14)15(19)16-2/h4-10,18H,3H2,1-2H3,(H,16,19).